The van der Waals surface area contributed by atoms with E-state index in [0.717, 1.165) is 6.07 Å². The highest BCUT2D eigenvalue weighted by atomic mass is 32.2. The molecule has 3 N–H and O–H groups in total. The SMILES string of the molecule is COCCC(N)C(=O)Nc1ccccc1S(=O)(=O)C(F)F. The predicted molar refractivity (Wildman–Crippen MR) is 72.7 cm³/mol. The maximum Gasteiger partial charge on any atom is 0.341 e. The van der Waals surface area contributed by atoms with Gasteiger partial charge in [0, 0.05) is 13.7 Å². The molecule has 118 valence electrons. The molecule has 0 aromatic heterocycles. The molecule has 1 atom stereocenters. The molecule has 21 heavy (non-hydrogen) atoms. The van der Waals surface area contributed by atoms with Crippen molar-refractivity contribution >= 4 is 21.4 Å². The summed E-state index contributed by atoms with van der Waals surface area (Å²) in [5.41, 5.74) is 5.35. The Morgan fingerprint density at radius 2 is 2.00 bits per heavy atom. The smallest absolute Gasteiger partial charge is 0.341 e. The molecule has 9 heteroatoms. The lowest BCUT2D eigenvalue weighted by Crippen LogP contribution is -2.36. The summed E-state index contributed by atoms with van der Waals surface area (Å²) in [6.07, 6.45) is 0.214. The number of para-hydroxylation sites is 1. The number of hydrogen-bond acceptors (Lipinski definition) is 5. The second kappa shape index (κ2) is 7.43. The molecule has 1 aromatic carbocycles. The van der Waals surface area contributed by atoms with Crippen molar-refractivity contribution in [2.75, 3.05) is 19.0 Å². The molecule has 0 aliphatic rings. The molecular weight excluding hydrogens is 306 g/mol. The van der Waals surface area contributed by atoms with Gasteiger partial charge in [-0.1, -0.05) is 12.1 Å². The van der Waals surface area contributed by atoms with Gasteiger partial charge in [0.05, 0.1) is 16.6 Å². The Morgan fingerprint density at radius 3 is 2.57 bits per heavy atom. The second-order valence-corrected chi connectivity index (χ2v) is 6.07. The van der Waals surface area contributed by atoms with E-state index in [0.29, 0.717) is 0 Å². The van der Waals surface area contributed by atoms with Crippen molar-refractivity contribution in [1.82, 2.24) is 0 Å². The van der Waals surface area contributed by atoms with Crippen LogP contribution in [0.25, 0.3) is 0 Å². The summed E-state index contributed by atoms with van der Waals surface area (Å²) < 4.78 is 53.0. The number of amides is 1. The number of halogens is 2. The standard InChI is InChI=1S/C12H16F2N2O4S/c1-20-7-6-8(15)11(17)16-9-4-2-3-5-10(9)21(18,19)12(13)14/h2-5,8,12H,6-7,15H2,1H3,(H,16,17). The van der Waals surface area contributed by atoms with Crippen molar-refractivity contribution in [1.29, 1.82) is 0 Å². The number of nitrogens with one attached hydrogen (secondary N) is 1. The first-order valence-electron chi connectivity index (χ1n) is 5.97. The van der Waals surface area contributed by atoms with Gasteiger partial charge < -0.3 is 15.8 Å². The number of alkyl halides is 2. The minimum Gasteiger partial charge on any atom is -0.385 e. The van der Waals surface area contributed by atoms with E-state index in [1.54, 1.807) is 0 Å². The topological polar surface area (TPSA) is 98.5 Å². The highest BCUT2D eigenvalue weighted by molar-refractivity contribution is 7.91. The number of ether oxygens (including phenoxy) is 1. The summed E-state index contributed by atoms with van der Waals surface area (Å²) in [5.74, 6) is -4.25. The molecule has 0 saturated carbocycles. The van der Waals surface area contributed by atoms with Gasteiger partial charge in [0.1, 0.15) is 0 Å². The zero-order chi connectivity index (χ0) is 16.0. The average molecular weight is 322 g/mol. The van der Waals surface area contributed by atoms with Crippen LogP contribution in [0, 0.1) is 0 Å². The van der Waals surface area contributed by atoms with Crippen LogP contribution in [-0.2, 0) is 19.4 Å². The van der Waals surface area contributed by atoms with Gasteiger partial charge in [0.2, 0.25) is 15.7 Å². The lowest BCUT2D eigenvalue weighted by Gasteiger charge is -2.14. The average Bonchev–Trinajstić information content (AvgIpc) is 2.44. The van der Waals surface area contributed by atoms with Crippen molar-refractivity contribution in [3.05, 3.63) is 24.3 Å². The van der Waals surface area contributed by atoms with Crippen LogP contribution in [0.4, 0.5) is 14.5 Å². The van der Waals surface area contributed by atoms with Gasteiger partial charge in [0.15, 0.2) is 0 Å². The Hall–Kier alpha value is -1.58. The fourth-order valence-electron chi connectivity index (χ4n) is 1.52. The predicted octanol–water partition coefficient (Wildman–Crippen LogP) is 0.985. The molecular formula is C12H16F2N2O4S. The Balaban J connectivity index is 2.98. The van der Waals surface area contributed by atoms with E-state index in [9.17, 15) is 22.0 Å². The first kappa shape index (κ1) is 17.5. The molecule has 0 spiro atoms. The first-order valence-corrected chi connectivity index (χ1v) is 7.51. The number of rotatable bonds is 7. The van der Waals surface area contributed by atoms with E-state index in [4.69, 9.17) is 10.5 Å². The lowest BCUT2D eigenvalue weighted by atomic mass is 10.2. The van der Waals surface area contributed by atoms with Crippen molar-refractivity contribution in [3.8, 4) is 0 Å². The third kappa shape index (κ3) is 4.45. The number of methoxy groups -OCH3 is 1. The van der Waals surface area contributed by atoms with Gasteiger partial charge in [0.25, 0.3) is 0 Å². The lowest BCUT2D eigenvalue weighted by molar-refractivity contribution is -0.117. The van der Waals surface area contributed by atoms with Crippen molar-refractivity contribution in [3.63, 3.8) is 0 Å². The molecule has 1 amide bonds. The van der Waals surface area contributed by atoms with Crippen molar-refractivity contribution in [2.24, 2.45) is 5.73 Å². The van der Waals surface area contributed by atoms with Gasteiger partial charge >= 0.3 is 5.76 Å². The third-order valence-electron chi connectivity index (χ3n) is 2.66. The number of carbonyl (C=O) groups excluding carboxylic acids is 1. The molecule has 0 heterocycles. The summed E-state index contributed by atoms with van der Waals surface area (Å²) in [4.78, 5) is 11.1. The van der Waals surface area contributed by atoms with Crippen LogP contribution in [0.15, 0.2) is 29.2 Å². The molecule has 1 aromatic rings. The van der Waals surface area contributed by atoms with Crippen LogP contribution in [0.5, 0.6) is 0 Å². The second-order valence-electron chi connectivity index (χ2n) is 4.18. The van der Waals surface area contributed by atoms with Crippen LogP contribution in [0.3, 0.4) is 0 Å². The Morgan fingerprint density at radius 1 is 1.38 bits per heavy atom. The highest BCUT2D eigenvalue weighted by Crippen LogP contribution is 2.26. The number of benzene rings is 1. The minimum absolute atomic E-state index is 0.214. The molecule has 1 unspecified atom stereocenters. The molecule has 0 bridgehead atoms. The first-order chi connectivity index (χ1) is 9.80. The van der Waals surface area contributed by atoms with E-state index in [2.05, 4.69) is 5.32 Å². The number of sulfone groups is 1. The van der Waals surface area contributed by atoms with Crippen LogP contribution >= 0.6 is 0 Å². The van der Waals surface area contributed by atoms with Crippen molar-refractivity contribution in [2.45, 2.75) is 23.1 Å². The Bertz CT molecular complexity index is 593. The van der Waals surface area contributed by atoms with Crippen LogP contribution in [0.2, 0.25) is 0 Å². The van der Waals surface area contributed by atoms with Crippen LogP contribution in [-0.4, -0.2) is 39.8 Å². The van der Waals surface area contributed by atoms with Crippen molar-refractivity contribution < 1.29 is 26.7 Å². The number of nitrogens with two attached hydrogens (primary N) is 1. The normalized spacial score (nSPS) is 13.2. The maximum absolute atomic E-state index is 12.6. The monoisotopic (exact) mass is 322 g/mol. The Labute approximate surface area is 121 Å². The quantitative estimate of drug-likeness (QED) is 0.780. The third-order valence-corrected chi connectivity index (χ3v) is 4.09. The fraction of sp³-hybridized carbons (Fsp3) is 0.417. The van der Waals surface area contributed by atoms with E-state index in [1.165, 1.54) is 25.3 Å². The summed E-state index contributed by atoms with van der Waals surface area (Å²) >= 11 is 0. The molecule has 0 radical (unpaired) electrons. The van der Waals surface area contributed by atoms with Gasteiger partial charge in [-0.05, 0) is 18.6 Å². The highest BCUT2D eigenvalue weighted by Gasteiger charge is 2.29. The number of hydrogen-bond donors (Lipinski definition) is 2. The Kier molecular flexibility index (Phi) is 6.19. The molecule has 0 aliphatic heterocycles. The number of carbonyl (C=O) groups is 1. The summed E-state index contributed by atoms with van der Waals surface area (Å²) in [6, 6.07) is 3.98. The van der Waals surface area contributed by atoms with E-state index in [1.807, 2.05) is 0 Å². The summed E-state index contributed by atoms with van der Waals surface area (Å²) in [6.45, 7) is 0.242. The minimum atomic E-state index is -4.81. The van der Waals surface area contributed by atoms with E-state index >= 15 is 0 Å². The fourth-order valence-corrected chi connectivity index (χ4v) is 2.40. The van der Waals surface area contributed by atoms with Crippen LogP contribution < -0.4 is 11.1 Å². The summed E-state index contributed by atoms with van der Waals surface area (Å²) in [5, 5.41) is 2.25. The molecule has 0 fully saturated rings. The largest absolute Gasteiger partial charge is 0.385 e. The van der Waals surface area contributed by atoms with E-state index < -0.39 is 32.4 Å². The molecule has 0 saturated heterocycles. The van der Waals surface area contributed by atoms with Crippen LogP contribution in [0.1, 0.15) is 6.42 Å². The molecule has 1 rings (SSSR count). The maximum atomic E-state index is 12.6. The van der Waals surface area contributed by atoms with E-state index in [-0.39, 0.29) is 18.7 Å². The van der Waals surface area contributed by atoms with Gasteiger partial charge in [-0.15, -0.1) is 0 Å². The zero-order valence-electron chi connectivity index (χ0n) is 11.3. The van der Waals surface area contributed by atoms with Gasteiger partial charge in [-0.2, -0.15) is 8.78 Å². The molecule has 0 aliphatic carbocycles. The zero-order valence-corrected chi connectivity index (χ0v) is 12.1. The van der Waals surface area contributed by atoms with Gasteiger partial charge in [-0.25, -0.2) is 8.42 Å². The van der Waals surface area contributed by atoms with Gasteiger partial charge in [-0.3, -0.25) is 4.79 Å². The molecule has 6 nitrogen and oxygen atoms in total. The number of anilines is 1. The summed E-state index contributed by atoms with van der Waals surface area (Å²) in [7, 11) is -3.37.